The van der Waals surface area contributed by atoms with Crippen molar-refractivity contribution in [3.63, 3.8) is 0 Å². The van der Waals surface area contributed by atoms with Crippen molar-refractivity contribution in [3.8, 4) is 0 Å². The fourth-order valence-electron chi connectivity index (χ4n) is 5.20. The average Bonchev–Trinajstić information content (AvgIpc) is 3.21. The number of amides is 3. The van der Waals surface area contributed by atoms with Crippen LogP contribution >= 0.6 is 0 Å². The minimum absolute atomic E-state index is 0.0651. The molecule has 2 aliphatic rings. The first-order chi connectivity index (χ1) is 16.5. The minimum atomic E-state index is -1.01. The summed E-state index contributed by atoms with van der Waals surface area (Å²) in [4.78, 5) is 51.0. The van der Waals surface area contributed by atoms with Crippen molar-refractivity contribution >= 4 is 17.7 Å². The Balaban J connectivity index is 1.74. The summed E-state index contributed by atoms with van der Waals surface area (Å²) in [6, 6.07) is 5.66. The topological polar surface area (TPSA) is 104 Å². The van der Waals surface area contributed by atoms with E-state index < -0.39 is 23.7 Å². The summed E-state index contributed by atoms with van der Waals surface area (Å²) in [5.74, 6) is -0.718. The van der Waals surface area contributed by atoms with Gasteiger partial charge in [-0.25, -0.2) is 9.97 Å². The summed E-state index contributed by atoms with van der Waals surface area (Å²) >= 11 is 0. The Bertz CT molecular complexity index is 1070. The molecule has 1 saturated heterocycles. The average molecular weight is 478 g/mol. The van der Waals surface area contributed by atoms with Crippen LogP contribution in [0.3, 0.4) is 0 Å². The maximum absolute atomic E-state index is 14.2. The van der Waals surface area contributed by atoms with Crippen molar-refractivity contribution < 1.29 is 14.4 Å². The molecule has 1 aliphatic heterocycles. The van der Waals surface area contributed by atoms with Crippen LogP contribution in [0, 0.1) is 11.8 Å². The number of hydrogen-bond donors (Lipinski definition) is 2. The molecule has 1 fully saturated rings. The van der Waals surface area contributed by atoms with Crippen molar-refractivity contribution in [3.05, 3.63) is 59.7 Å². The lowest BCUT2D eigenvalue weighted by atomic mass is 9.88. The highest BCUT2D eigenvalue weighted by atomic mass is 16.2. The van der Waals surface area contributed by atoms with Crippen molar-refractivity contribution in [1.29, 1.82) is 0 Å². The summed E-state index contributed by atoms with van der Waals surface area (Å²) in [6.07, 6.45) is 6.35. The van der Waals surface area contributed by atoms with Gasteiger partial charge in [0.15, 0.2) is 0 Å². The van der Waals surface area contributed by atoms with Gasteiger partial charge in [-0.2, -0.15) is 0 Å². The van der Waals surface area contributed by atoms with E-state index in [9.17, 15) is 14.4 Å². The molecule has 2 aromatic rings. The number of carbonyl (C=O) groups is 3. The second-order valence-corrected chi connectivity index (χ2v) is 11.1. The molecule has 3 unspecified atom stereocenters. The Kier molecular flexibility index (Phi) is 6.92. The van der Waals surface area contributed by atoms with Gasteiger partial charge in [-0.15, -0.1) is 0 Å². The van der Waals surface area contributed by atoms with Crippen LogP contribution in [0.2, 0.25) is 0 Å². The normalized spacial score (nSPS) is 21.6. The zero-order valence-electron chi connectivity index (χ0n) is 21.1. The molecule has 0 bridgehead atoms. The highest BCUT2D eigenvalue weighted by Crippen LogP contribution is 2.35. The lowest BCUT2D eigenvalue weighted by Gasteiger charge is -2.45. The van der Waals surface area contributed by atoms with Crippen molar-refractivity contribution in [1.82, 2.24) is 25.5 Å². The third-order valence-corrected chi connectivity index (χ3v) is 6.63. The van der Waals surface area contributed by atoms with Gasteiger partial charge in [-0.1, -0.05) is 38.1 Å². The number of hydrogen-bond acceptors (Lipinski definition) is 5. The van der Waals surface area contributed by atoms with Gasteiger partial charge in [0.25, 0.3) is 0 Å². The SMILES string of the molecule is CC(C)CC1C(=O)NC(C2Cc3ccccc3C2)C(=O)N1C(C(=O)NC(C)(C)C)c1cncnc1. The van der Waals surface area contributed by atoms with E-state index in [-0.39, 0.29) is 29.6 Å². The van der Waals surface area contributed by atoms with E-state index >= 15 is 0 Å². The summed E-state index contributed by atoms with van der Waals surface area (Å²) in [7, 11) is 0. The molecule has 186 valence electrons. The standard InChI is InChI=1S/C27H35N5O3/c1-16(2)10-21-24(33)30-22(19-11-17-8-6-7-9-18(17)12-19)26(35)32(21)23(20-13-28-15-29-14-20)25(34)31-27(3,4)5/h6-9,13-16,19,21-23H,10-12H2,1-5H3,(H,30,33)(H,31,34). The zero-order valence-corrected chi connectivity index (χ0v) is 21.1. The number of nitrogens with one attached hydrogen (secondary N) is 2. The molecule has 0 spiro atoms. The number of benzene rings is 1. The number of rotatable bonds is 6. The van der Waals surface area contributed by atoms with Gasteiger partial charge in [0.05, 0.1) is 0 Å². The van der Waals surface area contributed by atoms with E-state index in [1.165, 1.54) is 22.4 Å². The van der Waals surface area contributed by atoms with Crippen LogP contribution in [0.25, 0.3) is 0 Å². The molecule has 2 heterocycles. The highest BCUT2D eigenvalue weighted by molar-refractivity contribution is 6.00. The Morgan fingerprint density at radius 2 is 1.71 bits per heavy atom. The number of aromatic nitrogens is 2. The third kappa shape index (κ3) is 5.36. The van der Waals surface area contributed by atoms with E-state index in [4.69, 9.17) is 0 Å². The Hall–Kier alpha value is -3.29. The summed E-state index contributed by atoms with van der Waals surface area (Å²) in [5.41, 5.74) is 2.37. The van der Waals surface area contributed by atoms with Crippen LogP contribution < -0.4 is 10.6 Å². The smallest absolute Gasteiger partial charge is 0.247 e. The first-order valence-electron chi connectivity index (χ1n) is 12.3. The molecule has 35 heavy (non-hydrogen) atoms. The molecule has 1 aromatic carbocycles. The summed E-state index contributed by atoms with van der Waals surface area (Å²) < 4.78 is 0. The molecular formula is C27H35N5O3. The third-order valence-electron chi connectivity index (χ3n) is 6.63. The van der Waals surface area contributed by atoms with Gasteiger partial charge >= 0.3 is 0 Å². The van der Waals surface area contributed by atoms with E-state index in [0.717, 1.165) is 0 Å². The van der Waals surface area contributed by atoms with Crippen molar-refractivity contribution in [2.75, 3.05) is 0 Å². The van der Waals surface area contributed by atoms with Crippen LogP contribution in [-0.4, -0.2) is 50.2 Å². The minimum Gasteiger partial charge on any atom is -0.349 e. The second-order valence-electron chi connectivity index (χ2n) is 11.1. The molecule has 1 aromatic heterocycles. The van der Waals surface area contributed by atoms with Gasteiger partial charge in [0.1, 0.15) is 24.5 Å². The van der Waals surface area contributed by atoms with E-state index in [0.29, 0.717) is 24.8 Å². The first kappa shape index (κ1) is 24.8. The molecule has 0 saturated carbocycles. The number of nitrogens with zero attached hydrogens (tertiary/aromatic N) is 3. The monoisotopic (exact) mass is 477 g/mol. The molecule has 0 radical (unpaired) electrons. The van der Waals surface area contributed by atoms with Crippen LogP contribution in [-0.2, 0) is 27.2 Å². The predicted octanol–water partition coefficient (Wildman–Crippen LogP) is 2.59. The van der Waals surface area contributed by atoms with Gasteiger partial charge in [-0.3, -0.25) is 14.4 Å². The molecule has 8 heteroatoms. The maximum atomic E-state index is 14.2. The number of carbonyl (C=O) groups excluding carboxylic acids is 3. The lowest BCUT2D eigenvalue weighted by Crippen LogP contribution is -2.67. The van der Waals surface area contributed by atoms with E-state index in [1.807, 2.05) is 46.8 Å². The Morgan fingerprint density at radius 1 is 1.11 bits per heavy atom. The highest BCUT2D eigenvalue weighted by Gasteiger charge is 2.49. The van der Waals surface area contributed by atoms with Crippen LogP contribution in [0.5, 0.6) is 0 Å². The molecular weight excluding hydrogens is 442 g/mol. The lowest BCUT2D eigenvalue weighted by molar-refractivity contribution is -0.158. The molecule has 8 nitrogen and oxygen atoms in total. The van der Waals surface area contributed by atoms with Gasteiger partial charge < -0.3 is 15.5 Å². The van der Waals surface area contributed by atoms with Crippen LogP contribution in [0.15, 0.2) is 43.0 Å². The summed E-state index contributed by atoms with van der Waals surface area (Å²) in [5, 5.41) is 6.03. The van der Waals surface area contributed by atoms with Gasteiger partial charge in [-0.05, 0) is 63.0 Å². The van der Waals surface area contributed by atoms with Crippen molar-refractivity contribution in [2.24, 2.45) is 11.8 Å². The molecule has 1 aliphatic carbocycles. The Morgan fingerprint density at radius 3 is 2.26 bits per heavy atom. The summed E-state index contributed by atoms with van der Waals surface area (Å²) in [6.45, 7) is 9.67. The second kappa shape index (κ2) is 9.76. The molecule has 3 atom stereocenters. The van der Waals surface area contributed by atoms with Crippen LogP contribution in [0.1, 0.15) is 63.8 Å². The largest absolute Gasteiger partial charge is 0.349 e. The quantitative estimate of drug-likeness (QED) is 0.666. The fraction of sp³-hybridized carbons (Fsp3) is 0.519. The maximum Gasteiger partial charge on any atom is 0.247 e. The zero-order chi connectivity index (χ0) is 25.3. The van der Waals surface area contributed by atoms with Crippen LogP contribution in [0.4, 0.5) is 0 Å². The van der Waals surface area contributed by atoms with E-state index in [2.05, 4.69) is 32.7 Å². The number of fused-ring (bicyclic) bond motifs is 1. The fourth-order valence-corrected chi connectivity index (χ4v) is 5.20. The molecule has 2 N–H and O–H groups in total. The number of piperazine rings is 1. The van der Waals surface area contributed by atoms with Gasteiger partial charge in [0, 0.05) is 23.5 Å². The predicted molar refractivity (Wildman–Crippen MR) is 132 cm³/mol. The van der Waals surface area contributed by atoms with Crippen molar-refractivity contribution in [2.45, 2.75) is 77.5 Å². The van der Waals surface area contributed by atoms with Gasteiger partial charge in [0.2, 0.25) is 17.7 Å². The van der Waals surface area contributed by atoms with E-state index in [1.54, 1.807) is 12.4 Å². The first-order valence-corrected chi connectivity index (χ1v) is 12.3. The molecule has 3 amide bonds. The molecule has 4 rings (SSSR count). The Labute approximate surface area is 206 Å².